The number of rotatable bonds is 12. The minimum Gasteiger partial charge on any atom is -0.470 e. The van der Waals surface area contributed by atoms with Gasteiger partial charge in [-0.1, -0.05) is 17.7 Å². The van der Waals surface area contributed by atoms with Crippen LogP contribution in [0.15, 0.2) is 60.8 Å². The second-order valence-electron chi connectivity index (χ2n) is 10.4. The predicted octanol–water partition coefficient (Wildman–Crippen LogP) is 3.91. The number of aromatic nitrogens is 3. The number of carbonyl (C=O) groups is 1. The van der Waals surface area contributed by atoms with E-state index < -0.39 is 11.6 Å². The largest absolute Gasteiger partial charge is 1.00 e. The molecule has 10 nitrogen and oxygen atoms in total. The fraction of sp³-hybridized carbons (Fsp3) is 0.242. The number of fused-ring (bicyclic) bond motifs is 1. The quantitative estimate of drug-likeness (QED) is 0.176. The summed E-state index contributed by atoms with van der Waals surface area (Å²) in [5.74, 6) is 0.334. The third-order valence-corrected chi connectivity index (χ3v) is 6.89. The standard InChI is InChI=1S/C32H32ClFN6O4.CH3.Li/c1-5-40(6-2)14-12-30(41)37-29-17-22(11-13-35-29)36-26-18-25(23-16-21(33)8-9-24(23)34)38-39-31(26)42-19-20-7-10-27-28(15-20)44-32(3,4)43-27;;/h7-11,13,15-18H,1-2,5-6,12,14,19H2,3-4H3,(H2,35,36,37,38,41);1H3;/q-2;-1;+1. The van der Waals surface area contributed by atoms with E-state index in [1.165, 1.54) is 18.2 Å². The molecule has 0 atom stereocenters. The first-order valence-corrected chi connectivity index (χ1v) is 14.3. The van der Waals surface area contributed by atoms with Crippen LogP contribution in [0.2, 0.25) is 5.02 Å². The van der Waals surface area contributed by atoms with Crippen LogP contribution in [0.4, 0.5) is 21.6 Å². The van der Waals surface area contributed by atoms with Gasteiger partial charge in [0.1, 0.15) is 23.9 Å². The monoisotopic (exact) mass is 640 g/mol. The number of ether oxygens (including phenoxy) is 3. The molecule has 4 aromatic rings. The van der Waals surface area contributed by atoms with Gasteiger partial charge in [0.15, 0.2) is 11.5 Å². The van der Waals surface area contributed by atoms with E-state index in [1.807, 2.05) is 36.9 Å². The van der Waals surface area contributed by atoms with Gasteiger partial charge in [-0.25, -0.2) is 9.37 Å². The van der Waals surface area contributed by atoms with Gasteiger partial charge < -0.3 is 51.0 Å². The van der Waals surface area contributed by atoms with Gasteiger partial charge >= 0.3 is 18.9 Å². The second kappa shape index (κ2) is 16.1. The van der Waals surface area contributed by atoms with Crippen molar-refractivity contribution < 1.29 is 42.3 Å². The van der Waals surface area contributed by atoms with Crippen molar-refractivity contribution in [2.75, 3.05) is 30.3 Å². The van der Waals surface area contributed by atoms with E-state index in [2.05, 4.69) is 39.7 Å². The van der Waals surface area contributed by atoms with Crippen LogP contribution in [0.5, 0.6) is 17.4 Å². The predicted molar refractivity (Wildman–Crippen MR) is 173 cm³/mol. The summed E-state index contributed by atoms with van der Waals surface area (Å²) >= 11 is 6.13. The molecule has 0 bridgehead atoms. The summed E-state index contributed by atoms with van der Waals surface area (Å²) in [6.45, 7) is 13.1. The van der Waals surface area contributed by atoms with Crippen LogP contribution in [0.3, 0.4) is 0 Å². The number of amides is 1. The third kappa shape index (κ3) is 9.33. The first-order chi connectivity index (χ1) is 21.1. The Morgan fingerprint density at radius 3 is 2.57 bits per heavy atom. The summed E-state index contributed by atoms with van der Waals surface area (Å²) in [6.07, 6.45) is 1.82. The second-order valence-corrected chi connectivity index (χ2v) is 10.9. The van der Waals surface area contributed by atoms with E-state index in [1.54, 1.807) is 24.4 Å². The zero-order valence-corrected chi connectivity index (χ0v) is 27.2. The Balaban J connectivity index is 0.00000288. The number of pyridine rings is 1. The molecule has 0 spiro atoms. The Labute approximate surface area is 286 Å². The van der Waals surface area contributed by atoms with Crippen molar-refractivity contribution in [3.05, 3.63) is 98.5 Å². The first-order valence-electron chi connectivity index (χ1n) is 13.9. The van der Waals surface area contributed by atoms with Crippen molar-refractivity contribution in [2.45, 2.75) is 32.7 Å². The van der Waals surface area contributed by atoms with Crippen molar-refractivity contribution in [2.24, 2.45) is 0 Å². The van der Waals surface area contributed by atoms with Gasteiger partial charge in [-0.05, 0) is 48.0 Å². The fourth-order valence-electron chi connectivity index (χ4n) is 4.44. The van der Waals surface area contributed by atoms with Gasteiger partial charge in [0.05, 0.1) is 5.69 Å². The molecule has 1 amide bonds. The molecule has 238 valence electrons. The molecule has 5 rings (SSSR count). The summed E-state index contributed by atoms with van der Waals surface area (Å²) in [6, 6.07) is 14.7. The summed E-state index contributed by atoms with van der Waals surface area (Å²) in [4.78, 5) is 18.7. The van der Waals surface area contributed by atoms with Crippen molar-refractivity contribution in [1.29, 1.82) is 0 Å². The molecule has 0 saturated carbocycles. The van der Waals surface area contributed by atoms with Crippen molar-refractivity contribution in [3.8, 4) is 28.6 Å². The minimum atomic E-state index is -0.751. The van der Waals surface area contributed by atoms with Crippen molar-refractivity contribution >= 4 is 34.7 Å². The molecule has 13 heteroatoms. The zero-order valence-electron chi connectivity index (χ0n) is 26.4. The molecule has 1 aliphatic heterocycles. The van der Waals surface area contributed by atoms with Gasteiger partial charge in [-0.2, -0.15) is 0 Å². The minimum absolute atomic E-state index is 0. The number of hydrogen-bond acceptors (Lipinski definition) is 9. The van der Waals surface area contributed by atoms with Crippen LogP contribution in [-0.2, 0) is 11.4 Å². The van der Waals surface area contributed by atoms with Crippen LogP contribution < -0.4 is 43.7 Å². The van der Waals surface area contributed by atoms with E-state index in [4.69, 9.17) is 25.8 Å². The van der Waals surface area contributed by atoms with Crippen LogP contribution in [0.1, 0.15) is 25.8 Å². The molecule has 0 aliphatic carbocycles. The topological polar surface area (TPSA) is 111 Å². The Kier molecular flexibility index (Phi) is 12.8. The Morgan fingerprint density at radius 2 is 1.80 bits per heavy atom. The summed E-state index contributed by atoms with van der Waals surface area (Å²) < 4.78 is 32.4. The Hall–Kier alpha value is -3.88. The maximum Gasteiger partial charge on any atom is 1.00 e. The summed E-state index contributed by atoms with van der Waals surface area (Å²) in [5.41, 5.74) is 2.22. The normalized spacial score (nSPS) is 12.6. The van der Waals surface area contributed by atoms with Crippen LogP contribution in [-0.4, -0.2) is 51.4 Å². The van der Waals surface area contributed by atoms with Gasteiger partial charge in [0.25, 0.3) is 5.88 Å². The van der Waals surface area contributed by atoms with Gasteiger partial charge in [0.2, 0.25) is 11.7 Å². The van der Waals surface area contributed by atoms with Crippen molar-refractivity contribution in [1.82, 2.24) is 20.1 Å². The number of hydrogen-bond donors (Lipinski definition) is 2. The van der Waals surface area contributed by atoms with Crippen LogP contribution in [0, 0.1) is 27.1 Å². The fourth-order valence-corrected chi connectivity index (χ4v) is 4.62. The average molecular weight is 641 g/mol. The molecule has 2 aromatic carbocycles. The first kappa shape index (κ1) is 36.6. The number of nitrogens with zero attached hydrogens (tertiary/aromatic N) is 4. The third-order valence-electron chi connectivity index (χ3n) is 6.65. The average Bonchev–Trinajstić information content (AvgIpc) is 3.31. The number of halogens is 2. The maximum absolute atomic E-state index is 14.7. The van der Waals surface area contributed by atoms with E-state index in [9.17, 15) is 9.18 Å². The SMILES string of the molecule is [CH2-]CN(C[CH2-])CCC(=O)Nc1cc(Nc2cc(-c3cc(Cl)ccc3F)nnc2OCc2ccc3c(c2)OC(C)(C)O3)ccn1.[CH3-].[Li+]. The van der Waals surface area contributed by atoms with Crippen LogP contribution in [0.25, 0.3) is 11.3 Å². The molecule has 0 radical (unpaired) electrons. The molecule has 3 heterocycles. The Bertz CT molecular complexity index is 1660. The molecular formula is C33H35ClFLiN6O4-2. The van der Waals surface area contributed by atoms with Crippen molar-refractivity contribution in [3.63, 3.8) is 0 Å². The number of nitrogens with one attached hydrogen (secondary N) is 2. The number of benzene rings is 2. The van der Waals surface area contributed by atoms with E-state index >= 15 is 0 Å². The molecule has 2 aromatic heterocycles. The molecule has 1 aliphatic rings. The van der Waals surface area contributed by atoms with Gasteiger partial charge in [-0.15, -0.1) is 23.3 Å². The molecule has 2 N–H and O–H groups in total. The van der Waals surface area contributed by atoms with E-state index in [0.29, 0.717) is 53.3 Å². The van der Waals surface area contributed by atoms with Gasteiger partial charge in [0, 0.05) is 55.3 Å². The van der Waals surface area contributed by atoms with E-state index in [-0.39, 0.29) is 62.4 Å². The summed E-state index contributed by atoms with van der Waals surface area (Å²) in [5, 5.41) is 14.9. The zero-order chi connectivity index (χ0) is 31.3. The smallest absolute Gasteiger partial charge is 0.470 e. The Morgan fingerprint density at radius 1 is 1.04 bits per heavy atom. The van der Waals surface area contributed by atoms with E-state index in [0.717, 1.165) is 5.56 Å². The number of anilines is 3. The maximum atomic E-state index is 14.7. The number of carbonyl (C=O) groups excluding carboxylic acids is 1. The molecule has 46 heavy (non-hydrogen) atoms. The molecule has 0 saturated heterocycles. The van der Waals surface area contributed by atoms with Gasteiger partial charge in [-0.3, -0.25) is 4.79 Å². The van der Waals surface area contributed by atoms with Crippen LogP contribution >= 0.6 is 11.6 Å². The molecule has 0 fully saturated rings. The molecule has 0 unspecified atom stereocenters. The summed E-state index contributed by atoms with van der Waals surface area (Å²) in [7, 11) is 0. The molecular weight excluding hydrogens is 606 g/mol.